The number of carbonyl (C=O) groups is 1. The number of nitrogens with one attached hydrogen (secondary N) is 1. The molecule has 0 spiro atoms. The van der Waals surface area contributed by atoms with Gasteiger partial charge in [0.1, 0.15) is 17.2 Å². The number of amides is 1. The van der Waals surface area contributed by atoms with Crippen molar-refractivity contribution in [3.8, 4) is 0 Å². The number of halogens is 2. The molecule has 4 aromatic rings. The lowest BCUT2D eigenvalue weighted by atomic mass is 10.2. The fourth-order valence-corrected chi connectivity index (χ4v) is 3.44. The van der Waals surface area contributed by atoms with Crippen LogP contribution in [-0.4, -0.2) is 20.1 Å². The Labute approximate surface area is 170 Å². The lowest BCUT2D eigenvalue weighted by molar-refractivity contribution is 0.0945. The van der Waals surface area contributed by atoms with Crippen LogP contribution in [-0.2, 0) is 13.1 Å². The summed E-state index contributed by atoms with van der Waals surface area (Å²) >= 11 is 0. The molecule has 2 heterocycles. The van der Waals surface area contributed by atoms with Crippen molar-refractivity contribution >= 4 is 22.5 Å². The quantitative estimate of drug-likeness (QED) is 0.548. The van der Waals surface area contributed by atoms with Crippen molar-refractivity contribution in [3.05, 3.63) is 81.8 Å². The summed E-state index contributed by atoms with van der Waals surface area (Å²) in [5.41, 5.74) is 1.50. The van der Waals surface area contributed by atoms with Crippen LogP contribution in [0.25, 0.3) is 16.6 Å². The molecule has 0 aliphatic carbocycles. The highest BCUT2D eigenvalue weighted by Gasteiger charge is 2.18. The van der Waals surface area contributed by atoms with Gasteiger partial charge in [-0.3, -0.25) is 9.59 Å². The van der Waals surface area contributed by atoms with Gasteiger partial charge in [0, 0.05) is 24.7 Å². The molecule has 154 valence electrons. The summed E-state index contributed by atoms with van der Waals surface area (Å²) in [6, 6.07) is 11.8. The zero-order valence-corrected chi connectivity index (χ0v) is 16.5. The Morgan fingerprint density at radius 3 is 2.53 bits per heavy atom. The molecule has 8 heteroatoms. The maximum atomic E-state index is 13.8. The minimum absolute atomic E-state index is 0.0244. The highest BCUT2D eigenvalue weighted by molar-refractivity contribution is 5.94. The van der Waals surface area contributed by atoms with Gasteiger partial charge in [-0.05, 0) is 36.2 Å². The lowest BCUT2D eigenvalue weighted by Crippen LogP contribution is -2.25. The molecule has 0 unspecified atom stereocenters. The normalized spacial score (nSPS) is 11.5. The number of aromatic nitrogens is 3. The average Bonchev–Trinajstić information content (AvgIpc) is 3.17. The molecule has 0 radical (unpaired) electrons. The van der Waals surface area contributed by atoms with Crippen LogP contribution in [0.1, 0.15) is 29.9 Å². The molecule has 2 aromatic carbocycles. The fourth-order valence-electron chi connectivity index (χ4n) is 3.44. The Balaban J connectivity index is 1.73. The van der Waals surface area contributed by atoms with E-state index >= 15 is 0 Å². The maximum Gasteiger partial charge on any atom is 0.277 e. The Hall–Kier alpha value is -3.55. The Kier molecular flexibility index (Phi) is 5.07. The van der Waals surface area contributed by atoms with Crippen LogP contribution in [0.2, 0.25) is 0 Å². The summed E-state index contributed by atoms with van der Waals surface area (Å²) < 4.78 is 30.2. The number of rotatable bonds is 5. The van der Waals surface area contributed by atoms with Gasteiger partial charge >= 0.3 is 0 Å². The smallest absolute Gasteiger partial charge is 0.277 e. The molecular weight excluding hydrogens is 390 g/mol. The van der Waals surface area contributed by atoms with Crippen molar-refractivity contribution in [2.75, 3.05) is 0 Å². The third-order valence-corrected chi connectivity index (χ3v) is 4.80. The van der Waals surface area contributed by atoms with E-state index in [-0.39, 0.29) is 34.8 Å². The van der Waals surface area contributed by atoms with Gasteiger partial charge in [-0.25, -0.2) is 13.3 Å². The van der Waals surface area contributed by atoms with E-state index in [4.69, 9.17) is 0 Å². The lowest BCUT2D eigenvalue weighted by Gasteiger charge is -2.13. The molecule has 0 atom stereocenters. The number of hydrogen-bond acceptors (Lipinski definition) is 3. The summed E-state index contributed by atoms with van der Waals surface area (Å²) in [7, 11) is 0. The molecule has 0 saturated heterocycles. The van der Waals surface area contributed by atoms with Gasteiger partial charge in [0.05, 0.1) is 11.0 Å². The number of hydrogen-bond donors (Lipinski definition) is 1. The van der Waals surface area contributed by atoms with E-state index in [1.165, 1.54) is 10.6 Å². The van der Waals surface area contributed by atoms with Gasteiger partial charge in [0.15, 0.2) is 5.69 Å². The van der Waals surface area contributed by atoms with Crippen molar-refractivity contribution in [1.82, 2.24) is 19.5 Å². The summed E-state index contributed by atoms with van der Waals surface area (Å²) in [5, 5.41) is 6.83. The van der Waals surface area contributed by atoms with E-state index in [1.54, 1.807) is 4.57 Å². The molecule has 0 aliphatic rings. The largest absolute Gasteiger partial charge is 0.346 e. The predicted molar refractivity (Wildman–Crippen MR) is 109 cm³/mol. The van der Waals surface area contributed by atoms with E-state index in [0.717, 1.165) is 23.7 Å². The molecule has 0 aliphatic heterocycles. The molecule has 2 aromatic heterocycles. The monoisotopic (exact) mass is 410 g/mol. The van der Waals surface area contributed by atoms with E-state index in [9.17, 15) is 18.4 Å². The molecular formula is C22H20F2N4O2. The van der Waals surface area contributed by atoms with Crippen molar-refractivity contribution in [2.45, 2.75) is 26.9 Å². The van der Waals surface area contributed by atoms with Crippen LogP contribution in [0, 0.1) is 17.6 Å². The van der Waals surface area contributed by atoms with Gasteiger partial charge in [0.2, 0.25) is 0 Å². The molecule has 6 nitrogen and oxygen atoms in total. The fraction of sp³-hybridized carbons (Fsp3) is 0.227. The number of carbonyl (C=O) groups excluding carboxylic acids is 1. The number of para-hydroxylation sites is 2. The van der Waals surface area contributed by atoms with Gasteiger partial charge in [0.25, 0.3) is 11.5 Å². The van der Waals surface area contributed by atoms with Crippen LogP contribution < -0.4 is 10.9 Å². The highest BCUT2D eigenvalue weighted by atomic mass is 19.1. The molecule has 1 N–H and O–H groups in total. The summed E-state index contributed by atoms with van der Waals surface area (Å²) in [5.74, 6) is -1.54. The third-order valence-electron chi connectivity index (χ3n) is 4.80. The number of nitrogens with zero attached hydrogens (tertiary/aromatic N) is 3. The van der Waals surface area contributed by atoms with Crippen LogP contribution in [0.4, 0.5) is 8.78 Å². The molecule has 1 amide bonds. The van der Waals surface area contributed by atoms with Gasteiger partial charge in [-0.15, -0.1) is 0 Å². The number of benzene rings is 2. The van der Waals surface area contributed by atoms with Crippen LogP contribution >= 0.6 is 0 Å². The Bertz CT molecular complexity index is 1320. The van der Waals surface area contributed by atoms with Gasteiger partial charge < -0.3 is 9.88 Å². The van der Waals surface area contributed by atoms with E-state index in [0.29, 0.717) is 12.1 Å². The Morgan fingerprint density at radius 2 is 1.80 bits per heavy atom. The second kappa shape index (κ2) is 7.70. The predicted octanol–water partition coefficient (Wildman–Crippen LogP) is 3.51. The molecule has 4 rings (SSSR count). The highest BCUT2D eigenvalue weighted by Crippen LogP contribution is 2.17. The first-order valence-corrected chi connectivity index (χ1v) is 9.58. The second-order valence-corrected chi connectivity index (χ2v) is 7.54. The summed E-state index contributed by atoms with van der Waals surface area (Å²) in [4.78, 5) is 25.6. The van der Waals surface area contributed by atoms with Crippen LogP contribution in [0.5, 0.6) is 0 Å². The van der Waals surface area contributed by atoms with Gasteiger partial charge in [-0.1, -0.05) is 26.0 Å². The first-order valence-electron chi connectivity index (χ1n) is 9.58. The van der Waals surface area contributed by atoms with Crippen molar-refractivity contribution in [1.29, 1.82) is 0 Å². The first kappa shape index (κ1) is 19.8. The standard InChI is InChI=1S/C22H20F2N4O2/c1-13(2)12-27-18-5-3-4-6-19(18)28-20(22(27)30)10-17(26-28)21(29)25-11-14-9-15(23)7-8-16(14)24/h3-10,13H,11-12H2,1-2H3,(H,25,29). The van der Waals surface area contributed by atoms with Crippen LogP contribution in [0.15, 0.2) is 53.3 Å². The van der Waals surface area contributed by atoms with Gasteiger partial charge in [-0.2, -0.15) is 5.10 Å². The van der Waals surface area contributed by atoms with E-state index < -0.39 is 17.5 Å². The van der Waals surface area contributed by atoms with E-state index in [1.807, 2.05) is 38.1 Å². The molecule has 0 bridgehead atoms. The minimum atomic E-state index is -0.616. The maximum absolute atomic E-state index is 13.8. The first-order chi connectivity index (χ1) is 14.3. The molecule has 0 saturated carbocycles. The zero-order chi connectivity index (χ0) is 21.4. The third kappa shape index (κ3) is 3.56. The Morgan fingerprint density at radius 1 is 1.07 bits per heavy atom. The summed E-state index contributed by atoms with van der Waals surface area (Å²) in [6.45, 7) is 4.37. The van der Waals surface area contributed by atoms with Crippen molar-refractivity contribution in [2.24, 2.45) is 5.92 Å². The summed E-state index contributed by atoms with van der Waals surface area (Å²) in [6.07, 6.45) is 0. The zero-order valence-electron chi connectivity index (χ0n) is 16.5. The second-order valence-electron chi connectivity index (χ2n) is 7.54. The van der Waals surface area contributed by atoms with E-state index in [2.05, 4.69) is 10.4 Å². The molecule has 30 heavy (non-hydrogen) atoms. The number of fused-ring (bicyclic) bond motifs is 3. The van der Waals surface area contributed by atoms with Crippen molar-refractivity contribution in [3.63, 3.8) is 0 Å². The SMILES string of the molecule is CC(C)Cn1c(=O)c2cc(C(=O)NCc3cc(F)ccc3F)nn2c2ccccc21. The topological polar surface area (TPSA) is 68.4 Å². The minimum Gasteiger partial charge on any atom is -0.346 e. The van der Waals surface area contributed by atoms with Crippen LogP contribution in [0.3, 0.4) is 0 Å². The average molecular weight is 410 g/mol. The van der Waals surface area contributed by atoms with Crippen molar-refractivity contribution < 1.29 is 13.6 Å². The molecule has 0 fully saturated rings.